The molecule has 0 fully saturated rings. The van der Waals surface area contributed by atoms with Crippen molar-refractivity contribution in [3.05, 3.63) is 118 Å². The Hall–Kier alpha value is -4.63. The molecule has 5 aromatic rings. The van der Waals surface area contributed by atoms with Crippen LogP contribution in [0.5, 0.6) is 5.75 Å². The fourth-order valence-corrected chi connectivity index (χ4v) is 4.80. The van der Waals surface area contributed by atoms with Gasteiger partial charge in [-0.1, -0.05) is 72.3 Å². The Labute approximate surface area is 240 Å². The number of amides is 2. The first-order valence-electron chi connectivity index (χ1n) is 12.8. The number of primary amides is 1. The third-order valence-electron chi connectivity index (χ3n) is 6.71. The number of furan rings is 1. The average molecular weight is 571 g/mol. The molecule has 4 aromatic carbocycles. The van der Waals surface area contributed by atoms with E-state index in [0.29, 0.717) is 32.8 Å². The number of halogens is 1. The maximum atomic E-state index is 13.5. The van der Waals surface area contributed by atoms with Crippen molar-refractivity contribution in [2.24, 2.45) is 5.73 Å². The maximum Gasteiger partial charge on any atom is 0.316 e. The number of ether oxygens (including phenoxy) is 1. The minimum Gasteiger partial charge on any atom is -0.483 e. The zero-order valence-corrected chi connectivity index (χ0v) is 22.8. The molecule has 0 aliphatic heterocycles. The van der Waals surface area contributed by atoms with Crippen LogP contribution in [0.3, 0.4) is 0 Å². The molecule has 8 nitrogen and oxygen atoms in total. The van der Waals surface area contributed by atoms with E-state index in [-0.39, 0.29) is 17.0 Å². The molecule has 0 bridgehead atoms. The summed E-state index contributed by atoms with van der Waals surface area (Å²) in [6.45, 7) is 1.23. The van der Waals surface area contributed by atoms with Gasteiger partial charge in [0.25, 0.3) is 0 Å². The second-order valence-corrected chi connectivity index (χ2v) is 9.95. The molecule has 2 unspecified atom stereocenters. The van der Waals surface area contributed by atoms with Crippen LogP contribution in [-0.2, 0) is 0 Å². The molecular weight excluding hydrogens is 544 g/mol. The smallest absolute Gasteiger partial charge is 0.316 e. The number of fused-ring (bicyclic) bond motifs is 1. The van der Waals surface area contributed by atoms with Crippen molar-refractivity contribution < 1.29 is 29.0 Å². The van der Waals surface area contributed by atoms with Gasteiger partial charge in [-0.3, -0.25) is 4.79 Å². The van der Waals surface area contributed by atoms with Crippen LogP contribution in [0, 0.1) is 6.92 Å². The van der Waals surface area contributed by atoms with E-state index >= 15 is 0 Å². The number of aliphatic hydroxyl groups is 2. The molecule has 0 spiro atoms. The topological polar surface area (TPSA) is 135 Å². The Kier molecular flexibility index (Phi) is 8.07. The van der Waals surface area contributed by atoms with E-state index in [4.69, 9.17) is 26.5 Å². The molecule has 1 heterocycles. The van der Waals surface area contributed by atoms with Crippen LogP contribution in [0.15, 0.2) is 95.4 Å². The van der Waals surface area contributed by atoms with Crippen LogP contribution in [0.4, 0.5) is 10.5 Å². The third kappa shape index (κ3) is 5.95. The van der Waals surface area contributed by atoms with Crippen molar-refractivity contribution in [3.8, 4) is 16.9 Å². The predicted octanol–water partition coefficient (Wildman–Crippen LogP) is 6.26. The van der Waals surface area contributed by atoms with E-state index in [1.54, 1.807) is 37.3 Å². The highest BCUT2D eigenvalue weighted by Crippen LogP contribution is 2.37. The van der Waals surface area contributed by atoms with Crippen molar-refractivity contribution in [1.82, 2.24) is 0 Å². The van der Waals surface area contributed by atoms with Gasteiger partial charge in [-0.2, -0.15) is 0 Å². The van der Waals surface area contributed by atoms with Gasteiger partial charge in [0, 0.05) is 22.0 Å². The van der Waals surface area contributed by atoms with Gasteiger partial charge in [-0.05, 0) is 53.4 Å². The third-order valence-corrected chi connectivity index (χ3v) is 6.94. The number of aliphatic hydroxyl groups excluding tert-OH is 2. The second-order valence-electron chi connectivity index (χ2n) is 9.52. The molecule has 0 aliphatic rings. The summed E-state index contributed by atoms with van der Waals surface area (Å²) in [6.07, 6.45) is -2.13. The molecule has 0 radical (unpaired) electrons. The molecule has 5 rings (SSSR count). The molecule has 2 atom stereocenters. The van der Waals surface area contributed by atoms with Crippen molar-refractivity contribution >= 4 is 40.1 Å². The number of urea groups is 1. The number of benzene rings is 4. The average Bonchev–Trinajstić information content (AvgIpc) is 3.33. The van der Waals surface area contributed by atoms with Crippen LogP contribution >= 0.6 is 11.6 Å². The SMILES string of the molecule is Cc1ccc(Cl)cc1C(=O)c1oc2cc(OC(c3ccc(-c4ccccc4)cc3)C(O)CO)ccc2c1NC(N)=O. The molecule has 1 aromatic heterocycles. The second kappa shape index (κ2) is 11.9. The van der Waals surface area contributed by atoms with Crippen molar-refractivity contribution in [1.29, 1.82) is 0 Å². The Morgan fingerprint density at radius 1 is 0.976 bits per heavy atom. The zero-order chi connectivity index (χ0) is 29.1. The molecule has 9 heteroatoms. The molecule has 0 aliphatic carbocycles. The van der Waals surface area contributed by atoms with Crippen LogP contribution in [0.2, 0.25) is 5.02 Å². The standard InChI is InChI=1S/C32H27ClN2O6/c1-18-7-12-22(33)15-25(18)29(38)31-28(35-32(34)39)24-14-13-23(16-27(24)41-31)40-30(26(37)17-36)21-10-8-20(9-11-21)19-5-3-2-4-6-19/h2-16,26,30,36-37H,17H2,1H3,(H3,34,35,39). The first-order valence-corrected chi connectivity index (χ1v) is 13.2. The summed E-state index contributed by atoms with van der Waals surface area (Å²) in [7, 11) is 0. The number of hydrogen-bond donors (Lipinski definition) is 4. The summed E-state index contributed by atoms with van der Waals surface area (Å²) in [6, 6.07) is 26.1. The van der Waals surface area contributed by atoms with E-state index in [0.717, 1.165) is 11.1 Å². The molecular formula is C32H27ClN2O6. The first-order chi connectivity index (χ1) is 19.7. The number of aryl methyl sites for hydroxylation is 1. The van der Waals surface area contributed by atoms with Crippen LogP contribution in [0.25, 0.3) is 22.1 Å². The summed E-state index contributed by atoms with van der Waals surface area (Å²) in [5.74, 6) is -0.302. The maximum absolute atomic E-state index is 13.5. The summed E-state index contributed by atoms with van der Waals surface area (Å²) < 4.78 is 12.1. The number of ketones is 1. The first kappa shape index (κ1) is 27.9. The monoisotopic (exact) mass is 570 g/mol. The lowest BCUT2D eigenvalue weighted by Gasteiger charge is -2.23. The van der Waals surface area contributed by atoms with E-state index in [1.807, 2.05) is 54.6 Å². The van der Waals surface area contributed by atoms with Gasteiger partial charge >= 0.3 is 6.03 Å². The van der Waals surface area contributed by atoms with Gasteiger partial charge < -0.3 is 30.4 Å². The molecule has 0 saturated heterocycles. The van der Waals surface area contributed by atoms with Gasteiger partial charge in [0.15, 0.2) is 11.9 Å². The zero-order valence-electron chi connectivity index (χ0n) is 22.0. The summed E-state index contributed by atoms with van der Waals surface area (Å²) in [5.41, 5.74) is 9.42. The van der Waals surface area contributed by atoms with Crippen molar-refractivity contribution in [3.63, 3.8) is 0 Å². The Morgan fingerprint density at radius 3 is 2.37 bits per heavy atom. The largest absolute Gasteiger partial charge is 0.483 e. The van der Waals surface area contributed by atoms with Gasteiger partial charge in [-0.25, -0.2) is 4.79 Å². The number of carbonyl (C=O) groups excluding carboxylic acids is 2. The minimum atomic E-state index is -1.22. The fraction of sp³-hybridized carbons (Fsp3) is 0.125. The van der Waals surface area contributed by atoms with E-state index in [2.05, 4.69) is 5.32 Å². The Balaban J connectivity index is 1.50. The lowest BCUT2D eigenvalue weighted by Crippen LogP contribution is -2.27. The minimum absolute atomic E-state index is 0.117. The fourth-order valence-electron chi connectivity index (χ4n) is 4.63. The number of nitrogens with two attached hydrogens (primary N) is 1. The molecule has 41 heavy (non-hydrogen) atoms. The Bertz CT molecular complexity index is 1720. The molecule has 2 amide bonds. The van der Waals surface area contributed by atoms with Crippen LogP contribution in [0.1, 0.15) is 33.3 Å². The number of hydrogen-bond acceptors (Lipinski definition) is 6. The highest BCUT2D eigenvalue weighted by atomic mass is 35.5. The normalized spacial score (nSPS) is 12.6. The van der Waals surface area contributed by atoms with Crippen molar-refractivity contribution in [2.45, 2.75) is 19.1 Å². The lowest BCUT2D eigenvalue weighted by molar-refractivity contribution is -0.00186. The molecule has 5 N–H and O–H groups in total. The molecule has 208 valence electrons. The quantitative estimate of drug-likeness (QED) is 0.155. The predicted molar refractivity (Wildman–Crippen MR) is 157 cm³/mol. The highest BCUT2D eigenvalue weighted by Gasteiger charge is 2.26. The van der Waals surface area contributed by atoms with E-state index < -0.39 is 30.6 Å². The van der Waals surface area contributed by atoms with Gasteiger partial charge in [0.2, 0.25) is 5.78 Å². The van der Waals surface area contributed by atoms with E-state index in [1.165, 1.54) is 6.07 Å². The Morgan fingerprint density at radius 2 is 1.68 bits per heavy atom. The highest BCUT2D eigenvalue weighted by molar-refractivity contribution is 6.31. The van der Waals surface area contributed by atoms with Gasteiger partial charge in [-0.15, -0.1) is 0 Å². The number of carbonyl (C=O) groups is 2. The van der Waals surface area contributed by atoms with Crippen LogP contribution in [-0.4, -0.2) is 34.7 Å². The molecule has 0 saturated carbocycles. The van der Waals surface area contributed by atoms with Crippen molar-refractivity contribution in [2.75, 3.05) is 11.9 Å². The number of rotatable bonds is 9. The van der Waals surface area contributed by atoms with E-state index in [9.17, 15) is 19.8 Å². The van der Waals surface area contributed by atoms with Crippen LogP contribution < -0.4 is 15.8 Å². The summed E-state index contributed by atoms with van der Waals surface area (Å²) in [4.78, 5) is 25.3. The lowest BCUT2D eigenvalue weighted by atomic mass is 9.99. The number of anilines is 1. The number of nitrogens with one attached hydrogen (secondary N) is 1. The summed E-state index contributed by atoms with van der Waals surface area (Å²) >= 11 is 6.12. The van der Waals surface area contributed by atoms with Gasteiger partial charge in [0.05, 0.1) is 6.61 Å². The van der Waals surface area contributed by atoms with Gasteiger partial charge in [0.1, 0.15) is 23.1 Å². The summed E-state index contributed by atoms with van der Waals surface area (Å²) in [5, 5.41) is 23.6.